The molecule has 5 heteroatoms. The van der Waals surface area contributed by atoms with E-state index >= 15 is 0 Å². The van der Waals surface area contributed by atoms with Crippen LogP contribution in [0, 0.1) is 5.92 Å². The number of nitrogens with zero attached hydrogens (tertiary/aromatic N) is 1. The molecule has 146 valence electrons. The van der Waals surface area contributed by atoms with Crippen molar-refractivity contribution in [1.29, 1.82) is 0 Å². The number of unbranched alkanes of at least 4 members (excludes halogenated alkanes) is 1. The van der Waals surface area contributed by atoms with Gasteiger partial charge in [0.05, 0.1) is 0 Å². The number of carbonyl (C=O) groups excluding carboxylic acids is 1. The zero-order chi connectivity index (χ0) is 19.0. The number of hydrogen-bond donors (Lipinski definition) is 2. The number of benzene rings is 1. The molecule has 26 heavy (non-hydrogen) atoms. The summed E-state index contributed by atoms with van der Waals surface area (Å²) in [4.78, 5) is 14.2. The number of rotatable bonds is 8. The van der Waals surface area contributed by atoms with Crippen molar-refractivity contribution >= 4 is 11.8 Å². The van der Waals surface area contributed by atoms with E-state index in [-0.39, 0.29) is 6.09 Å². The van der Waals surface area contributed by atoms with Crippen LogP contribution in [0.1, 0.15) is 52.5 Å². The van der Waals surface area contributed by atoms with Crippen LogP contribution in [0.15, 0.2) is 24.3 Å². The van der Waals surface area contributed by atoms with Gasteiger partial charge in [-0.15, -0.1) is 0 Å². The van der Waals surface area contributed by atoms with Crippen LogP contribution in [0.25, 0.3) is 0 Å². The highest BCUT2D eigenvalue weighted by atomic mass is 16.6. The topological polar surface area (TPSA) is 53.6 Å². The fraction of sp³-hybridized carbons (Fsp3) is 0.667. The summed E-state index contributed by atoms with van der Waals surface area (Å²) < 4.78 is 5.31. The Kier molecular flexibility index (Phi) is 7.76. The van der Waals surface area contributed by atoms with Gasteiger partial charge in [0.25, 0.3) is 0 Å². The minimum atomic E-state index is -0.447. The Labute approximate surface area is 158 Å². The minimum absolute atomic E-state index is 0.323. The summed E-state index contributed by atoms with van der Waals surface area (Å²) in [5, 5.41) is 6.41. The van der Waals surface area contributed by atoms with Crippen LogP contribution in [0.5, 0.6) is 0 Å². The average Bonchev–Trinajstić information content (AvgIpc) is 3.05. The molecule has 2 rings (SSSR count). The van der Waals surface area contributed by atoms with Crippen LogP contribution in [-0.2, 0) is 11.3 Å². The maximum atomic E-state index is 11.8. The molecule has 1 aromatic rings. The lowest BCUT2D eigenvalue weighted by Gasteiger charge is -2.21. The Balaban J connectivity index is 1.78. The van der Waals surface area contributed by atoms with Gasteiger partial charge in [-0.1, -0.05) is 25.5 Å². The zero-order valence-electron chi connectivity index (χ0n) is 16.8. The van der Waals surface area contributed by atoms with Gasteiger partial charge in [-0.3, -0.25) is 0 Å². The molecule has 0 radical (unpaired) electrons. The van der Waals surface area contributed by atoms with Crippen LogP contribution in [-0.4, -0.2) is 37.9 Å². The maximum absolute atomic E-state index is 11.8. The van der Waals surface area contributed by atoms with Gasteiger partial charge in [-0.05, 0) is 63.8 Å². The number of ether oxygens (including phenoxy) is 1. The molecule has 1 saturated heterocycles. The molecule has 2 N–H and O–H groups in total. The third-order valence-corrected chi connectivity index (χ3v) is 4.53. The standard InChI is InChI=1S/C21H35N3O2/c1-5-6-11-22-14-17-8-7-9-19(13-17)24-12-10-18(16-24)15-23-20(25)26-21(2,3)4/h7-9,13,18,22H,5-6,10-12,14-16H2,1-4H3,(H,23,25). The SMILES string of the molecule is CCCCNCc1cccc(N2CCC(CNC(=O)OC(C)(C)C)C2)c1. The van der Waals surface area contributed by atoms with Crippen molar-refractivity contribution in [2.45, 2.75) is 59.1 Å². The molecular formula is C21H35N3O2. The molecule has 0 spiro atoms. The Morgan fingerprint density at radius 1 is 1.35 bits per heavy atom. The van der Waals surface area contributed by atoms with Gasteiger partial charge in [-0.25, -0.2) is 4.79 Å². The van der Waals surface area contributed by atoms with Crippen molar-refractivity contribution in [3.63, 3.8) is 0 Å². The first-order chi connectivity index (χ1) is 12.4. The zero-order valence-corrected chi connectivity index (χ0v) is 16.8. The summed E-state index contributed by atoms with van der Waals surface area (Å²) in [5.41, 5.74) is 2.16. The molecule has 1 atom stereocenters. The first-order valence-electron chi connectivity index (χ1n) is 9.89. The Bertz CT molecular complexity index is 569. The van der Waals surface area contributed by atoms with Gasteiger partial charge < -0.3 is 20.3 Å². The average molecular weight is 362 g/mol. The van der Waals surface area contributed by atoms with Crippen LogP contribution < -0.4 is 15.5 Å². The van der Waals surface area contributed by atoms with E-state index in [1.807, 2.05) is 20.8 Å². The highest BCUT2D eigenvalue weighted by Gasteiger charge is 2.24. The lowest BCUT2D eigenvalue weighted by Crippen LogP contribution is -2.36. The predicted molar refractivity (Wildman–Crippen MR) is 108 cm³/mol. The molecule has 0 saturated carbocycles. The van der Waals surface area contributed by atoms with E-state index in [0.29, 0.717) is 12.5 Å². The van der Waals surface area contributed by atoms with Gasteiger partial charge in [0.15, 0.2) is 0 Å². The van der Waals surface area contributed by atoms with Gasteiger partial charge in [0.2, 0.25) is 0 Å². The van der Waals surface area contributed by atoms with Crippen LogP contribution in [0.3, 0.4) is 0 Å². The second-order valence-electron chi connectivity index (χ2n) is 8.18. The van der Waals surface area contributed by atoms with Gasteiger partial charge >= 0.3 is 6.09 Å². The summed E-state index contributed by atoms with van der Waals surface area (Å²) in [6.45, 7) is 12.5. The second kappa shape index (κ2) is 9.81. The number of hydrogen-bond acceptors (Lipinski definition) is 4. The highest BCUT2D eigenvalue weighted by Crippen LogP contribution is 2.24. The van der Waals surface area contributed by atoms with Crippen molar-refractivity contribution < 1.29 is 9.53 Å². The van der Waals surface area contributed by atoms with E-state index in [0.717, 1.165) is 32.6 Å². The molecule has 0 aliphatic carbocycles. The van der Waals surface area contributed by atoms with Gasteiger partial charge in [0.1, 0.15) is 5.60 Å². The quantitative estimate of drug-likeness (QED) is 0.689. The van der Waals surface area contributed by atoms with Crippen molar-refractivity contribution in [2.75, 3.05) is 31.1 Å². The van der Waals surface area contributed by atoms with E-state index in [1.54, 1.807) is 0 Å². The number of alkyl carbamates (subject to hydrolysis) is 1. The van der Waals surface area contributed by atoms with E-state index < -0.39 is 5.60 Å². The lowest BCUT2D eigenvalue weighted by molar-refractivity contribution is 0.0520. The van der Waals surface area contributed by atoms with Gasteiger partial charge in [-0.2, -0.15) is 0 Å². The molecule has 1 heterocycles. The Morgan fingerprint density at radius 3 is 2.88 bits per heavy atom. The summed E-state index contributed by atoms with van der Waals surface area (Å²) in [7, 11) is 0. The Hall–Kier alpha value is -1.75. The molecule has 0 bridgehead atoms. The van der Waals surface area contributed by atoms with Gasteiger partial charge in [0, 0.05) is 31.9 Å². The second-order valence-corrected chi connectivity index (χ2v) is 8.18. The highest BCUT2D eigenvalue weighted by molar-refractivity contribution is 5.67. The molecular weight excluding hydrogens is 326 g/mol. The van der Waals surface area contributed by atoms with Crippen LogP contribution in [0.4, 0.5) is 10.5 Å². The van der Waals surface area contributed by atoms with Crippen molar-refractivity contribution in [3.8, 4) is 0 Å². The van der Waals surface area contributed by atoms with Crippen molar-refractivity contribution in [3.05, 3.63) is 29.8 Å². The molecule has 1 amide bonds. The summed E-state index contributed by atoms with van der Waals surface area (Å²) >= 11 is 0. The van der Waals surface area contributed by atoms with Crippen molar-refractivity contribution in [2.24, 2.45) is 5.92 Å². The monoisotopic (exact) mass is 361 g/mol. The summed E-state index contributed by atoms with van der Waals surface area (Å²) in [6.07, 6.45) is 3.21. The first-order valence-corrected chi connectivity index (χ1v) is 9.89. The summed E-state index contributed by atoms with van der Waals surface area (Å²) in [5.74, 6) is 0.467. The molecule has 1 aliphatic heterocycles. The smallest absolute Gasteiger partial charge is 0.407 e. The molecule has 1 fully saturated rings. The van der Waals surface area contributed by atoms with E-state index in [9.17, 15) is 4.79 Å². The fourth-order valence-corrected chi connectivity index (χ4v) is 3.17. The van der Waals surface area contributed by atoms with E-state index in [2.05, 4.69) is 46.7 Å². The van der Waals surface area contributed by atoms with E-state index in [1.165, 1.54) is 24.1 Å². The fourth-order valence-electron chi connectivity index (χ4n) is 3.17. The number of anilines is 1. The number of amides is 1. The Morgan fingerprint density at radius 2 is 2.15 bits per heavy atom. The van der Waals surface area contributed by atoms with Crippen LogP contribution >= 0.6 is 0 Å². The molecule has 1 unspecified atom stereocenters. The normalized spacial score (nSPS) is 17.4. The molecule has 1 aliphatic rings. The maximum Gasteiger partial charge on any atom is 0.407 e. The minimum Gasteiger partial charge on any atom is -0.444 e. The number of nitrogens with one attached hydrogen (secondary N) is 2. The molecule has 5 nitrogen and oxygen atoms in total. The third kappa shape index (κ3) is 7.24. The third-order valence-electron chi connectivity index (χ3n) is 4.53. The predicted octanol–water partition coefficient (Wildman–Crippen LogP) is 3.93. The van der Waals surface area contributed by atoms with Crippen LogP contribution in [0.2, 0.25) is 0 Å². The van der Waals surface area contributed by atoms with Crippen molar-refractivity contribution in [1.82, 2.24) is 10.6 Å². The first kappa shape index (κ1) is 20.6. The largest absolute Gasteiger partial charge is 0.444 e. The molecule has 1 aromatic carbocycles. The lowest BCUT2D eigenvalue weighted by atomic mass is 10.1. The molecule has 0 aromatic heterocycles. The number of carbonyl (C=O) groups is 1. The summed E-state index contributed by atoms with van der Waals surface area (Å²) in [6, 6.07) is 8.78. The van der Waals surface area contributed by atoms with E-state index in [4.69, 9.17) is 4.74 Å².